The third-order valence-corrected chi connectivity index (χ3v) is 6.79. The van der Waals surface area contributed by atoms with Crippen LogP contribution in [0.4, 0.5) is 0 Å². The van der Waals surface area contributed by atoms with E-state index in [9.17, 15) is 13.2 Å². The Hall–Kier alpha value is -2.10. The second-order valence-corrected chi connectivity index (χ2v) is 8.65. The molecule has 0 aromatic heterocycles. The summed E-state index contributed by atoms with van der Waals surface area (Å²) in [4.78, 5) is 11.9. The molecular weight excluding hydrogens is 450 g/mol. The first-order valence-corrected chi connectivity index (χ1v) is 10.6. The predicted molar refractivity (Wildman–Crippen MR) is 108 cm³/mol. The quantitative estimate of drug-likeness (QED) is 0.548. The van der Waals surface area contributed by atoms with Crippen LogP contribution >= 0.6 is 15.9 Å². The summed E-state index contributed by atoms with van der Waals surface area (Å²) < 4.78 is 43.1. The van der Waals surface area contributed by atoms with Crippen molar-refractivity contribution in [2.75, 3.05) is 27.9 Å². The molecule has 28 heavy (non-hydrogen) atoms. The molecule has 0 radical (unpaired) electrons. The van der Waals surface area contributed by atoms with E-state index in [1.807, 2.05) is 0 Å². The number of benzene rings is 2. The molecule has 0 unspecified atom stereocenters. The second-order valence-electron chi connectivity index (χ2n) is 5.78. The molecule has 0 saturated heterocycles. The first kappa shape index (κ1) is 22.2. The van der Waals surface area contributed by atoms with Crippen LogP contribution in [0.25, 0.3) is 0 Å². The normalized spacial score (nSPS) is 11.4. The van der Waals surface area contributed by atoms with Gasteiger partial charge in [-0.2, -0.15) is 4.31 Å². The summed E-state index contributed by atoms with van der Waals surface area (Å²) in [5.41, 5.74) is 0.928. The van der Waals surface area contributed by atoms with E-state index in [2.05, 4.69) is 15.9 Å². The van der Waals surface area contributed by atoms with Gasteiger partial charge in [0, 0.05) is 23.6 Å². The van der Waals surface area contributed by atoms with Crippen molar-refractivity contribution in [3.05, 3.63) is 52.0 Å². The predicted octanol–water partition coefficient (Wildman–Crippen LogP) is 3.46. The molecule has 7 nitrogen and oxygen atoms in total. The summed E-state index contributed by atoms with van der Waals surface area (Å²) in [6.07, 6.45) is 0. The summed E-state index contributed by atoms with van der Waals surface area (Å²) in [5, 5.41) is 0. The minimum atomic E-state index is -3.83. The summed E-state index contributed by atoms with van der Waals surface area (Å²) in [6.45, 7) is 2.02. The Morgan fingerprint density at radius 3 is 2.43 bits per heavy atom. The van der Waals surface area contributed by atoms with Crippen LogP contribution in [0.1, 0.15) is 22.8 Å². The van der Waals surface area contributed by atoms with Crippen molar-refractivity contribution in [2.24, 2.45) is 0 Å². The van der Waals surface area contributed by atoms with Gasteiger partial charge in [0.2, 0.25) is 10.0 Å². The fourth-order valence-electron chi connectivity index (χ4n) is 2.62. The molecule has 0 aliphatic rings. The van der Waals surface area contributed by atoms with E-state index in [1.165, 1.54) is 43.8 Å². The average molecular weight is 472 g/mol. The highest BCUT2D eigenvalue weighted by Crippen LogP contribution is 2.33. The van der Waals surface area contributed by atoms with Gasteiger partial charge >= 0.3 is 5.97 Å². The molecule has 0 spiro atoms. The van der Waals surface area contributed by atoms with E-state index in [1.54, 1.807) is 25.1 Å². The van der Waals surface area contributed by atoms with Crippen molar-refractivity contribution in [1.29, 1.82) is 0 Å². The van der Waals surface area contributed by atoms with E-state index in [0.29, 0.717) is 17.1 Å². The fourth-order valence-corrected chi connectivity index (χ4v) is 4.81. The molecule has 0 amide bonds. The Morgan fingerprint density at radius 2 is 1.86 bits per heavy atom. The maximum Gasteiger partial charge on any atom is 0.338 e. The number of carbonyl (C=O) groups is 1. The van der Waals surface area contributed by atoms with Gasteiger partial charge in [-0.15, -0.1) is 0 Å². The van der Waals surface area contributed by atoms with Crippen LogP contribution in [-0.2, 0) is 21.3 Å². The van der Waals surface area contributed by atoms with Gasteiger partial charge in [-0.25, -0.2) is 13.2 Å². The number of rotatable bonds is 8. The monoisotopic (exact) mass is 471 g/mol. The summed E-state index contributed by atoms with van der Waals surface area (Å²) in [6, 6.07) is 9.51. The minimum Gasteiger partial charge on any atom is -0.493 e. The number of ether oxygens (including phenoxy) is 3. The largest absolute Gasteiger partial charge is 0.493 e. The van der Waals surface area contributed by atoms with Crippen LogP contribution in [0.2, 0.25) is 0 Å². The van der Waals surface area contributed by atoms with Crippen molar-refractivity contribution in [3.63, 3.8) is 0 Å². The third kappa shape index (κ3) is 4.65. The molecule has 0 N–H and O–H groups in total. The van der Waals surface area contributed by atoms with Crippen molar-refractivity contribution in [2.45, 2.75) is 18.4 Å². The number of sulfonamides is 1. The number of para-hydroxylation sites is 1. The maximum absolute atomic E-state index is 13.0. The van der Waals surface area contributed by atoms with E-state index in [4.69, 9.17) is 14.2 Å². The number of hydrogen-bond donors (Lipinski definition) is 0. The lowest BCUT2D eigenvalue weighted by Gasteiger charge is -2.20. The van der Waals surface area contributed by atoms with Crippen LogP contribution in [-0.4, -0.2) is 46.6 Å². The maximum atomic E-state index is 13.0. The topological polar surface area (TPSA) is 82.1 Å². The highest BCUT2D eigenvalue weighted by molar-refractivity contribution is 9.10. The van der Waals surface area contributed by atoms with E-state index in [-0.39, 0.29) is 28.1 Å². The van der Waals surface area contributed by atoms with Crippen LogP contribution in [0.15, 0.2) is 45.8 Å². The van der Waals surface area contributed by atoms with Crippen LogP contribution in [0.5, 0.6) is 11.5 Å². The Balaban J connectivity index is 2.33. The molecule has 2 aromatic rings. The van der Waals surface area contributed by atoms with Gasteiger partial charge < -0.3 is 14.2 Å². The highest BCUT2D eigenvalue weighted by Gasteiger charge is 2.26. The van der Waals surface area contributed by atoms with Crippen molar-refractivity contribution in [3.8, 4) is 11.5 Å². The molecule has 0 atom stereocenters. The third-order valence-electron chi connectivity index (χ3n) is 4.01. The smallest absolute Gasteiger partial charge is 0.338 e. The molecule has 0 bridgehead atoms. The minimum absolute atomic E-state index is 0.0462. The molecule has 2 rings (SSSR count). The summed E-state index contributed by atoms with van der Waals surface area (Å²) >= 11 is 3.25. The molecule has 0 aliphatic heterocycles. The fraction of sp³-hybridized carbons (Fsp3) is 0.316. The molecule has 152 valence electrons. The lowest BCUT2D eigenvalue weighted by atomic mass is 10.2. The first-order chi connectivity index (χ1) is 13.3. The van der Waals surface area contributed by atoms with Gasteiger partial charge in [0.1, 0.15) is 0 Å². The number of hydrogen-bond acceptors (Lipinski definition) is 6. The number of carbonyl (C=O) groups excluding carboxylic acids is 1. The SMILES string of the molecule is CCOC(=O)c1ccc(S(=O)(=O)N(C)Cc2cccc(OC)c2OC)c(Br)c1. The molecule has 0 saturated carbocycles. The molecular formula is C19H22BrNO6S. The highest BCUT2D eigenvalue weighted by atomic mass is 79.9. The number of methoxy groups -OCH3 is 2. The van der Waals surface area contributed by atoms with Gasteiger partial charge in [-0.05, 0) is 47.1 Å². The molecule has 9 heteroatoms. The molecule has 2 aromatic carbocycles. The Labute approximate surface area is 173 Å². The van der Waals surface area contributed by atoms with Crippen molar-refractivity contribution >= 4 is 31.9 Å². The van der Waals surface area contributed by atoms with Gasteiger partial charge in [0.25, 0.3) is 0 Å². The molecule has 0 aliphatic carbocycles. The Kier molecular flexibility index (Phi) is 7.45. The Bertz CT molecular complexity index is 961. The van der Waals surface area contributed by atoms with Gasteiger partial charge in [0.15, 0.2) is 11.5 Å². The number of nitrogens with zero attached hydrogens (tertiary/aromatic N) is 1. The zero-order chi connectivity index (χ0) is 20.9. The van der Waals surface area contributed by atoms with Crippen LogP contribution in [0.3, 0.4) is 0 Å². The van der Waals surface area contributed by atoms with Crippen molar-refractivity contribution < 1.29 is 27.4 Å². The van der Waals surface area contributed by atoms with Gasteiger partial charge in [-0.3, -0.25) is 0 Å². The number of esters is 1. The first-order valence-electron chi connectivity index (χ1n) is 8.39. The van der Waals surface area contributed by atoms with Crippen molar-refractivity contribution in [1.82, 2.24) is 4.31 Å². The molecule has 0 heterocycles. The summed E-state index contributed by atoms with van der Waals surface area (Å²) in [7, 11) is 0.662. The summed E-state index contributed by atoms with van der Waals surface area (Å²) in [5.74, 6) is 0.483. The number of halogens is 1. The van der Waals surface area contributed by atoms with E-state index >= 15 is 0 Å². The molecule has 0 fully saturated rings. The van der Waals surface area contributed by atoms with Crippen LogP contribution < -0.4 is 9.47 Å². The van der Waals surface area contributed by atoms with Gasteiger partial charge in [-0.1, -0.05) is 12.1 Å². The van der Waals surface area contributed by atoms with Gasteiger partial charge in [0.05, 0.1) is 31.3 Å². The zero-order valence-corrected chi connectivity index (χ0v) is 18.5. The van der Waals surface area contributed by atoms with E-state index < -0.39 is 16.0 Å². The zero-order valence-electron chi connectivity index (χ0n) is 16.1. The standard InChI is InChI=1S/C19H22BrNO6S/c1-5-27-19(22)13-9-10-17(15(20)11-13)28(23,24)21(2)12-14-7-6-8-16(25-3)18(14)26-4/h6-11H,5,12H2,1-4H3. The Morgan fingerprint density at radius 1 is 1.14 bits per heavy atom. The average Bonchev–Trinajstić information content (AvgIpc) is 2.67. The lowest BCUT2D eigenvalue weighted by molar-refractivity contribution is 0.0526. The van der Waals surface area contributed by atoms with E-state index in [0.717, 1.165) is 0 Å². The van der Waals surface area contributed by atoms with Crippen LogP contribution in [0, 0.1) is 0 Å². The lowest BCUT2D eigenvalue weighted by Crippen LogP contribution is -2.27. The second kappa shape index (κ2) is 9.40.